The number of benzene rings is 2. The van der Waals surface area contributed by atoms with Gasteiger partial charge in [0.15, 0.2) is 0 Å². The van der Waals surface area contributed by atoms with Gasteiger partial charge in [0.05, 0.1) is 6.42 Å². The van der Waals surface area contributed by atoms with Gasteiger partial charge in [-0.15, -0.1) is 0 Å². The van der Waals surface area contributed by atoms with Crippen LogP contribution >= 0.6 is 0 Å². The molecule has 1 unspecified atom stereocenters. The minimum absolute atomic E-state index is 0.0856. The summed E-state index contributed by atoms with van der Waals surface area (Å²) in [4.78, 5) is 24.7. The van der Waals surface area contributed by atoms with Gasteiger partial charge < -0.3 is 9.47 Å². The fourth-order valence-corrected chi connectivity index (χ4v) is 2.45. The molecule has 0 bridgehead atoms. The van der Waals surface area contributed by atoms with Crippen LogP contribution in [0.4, 0.5) is 0 Å². The predicted octanol–water partition coefficient (Wildman–Crippen LogP) is 3.62. The molecule has 2 rings (SSSR count). The highest BCUT2D eigenvalue weighted by Gasteiger charge is 2.26. The van der Waals surface area contributed by atoms with E-state index in [2.05, 4.69) is 5.32 Å². The van der Waals surface area contributed by atoms with E-state index >= 15 is 0 Å². The lowest BCUT2D eigenvalue weighted by molar-refractivity contribution is -0.160. The van der Waals surface area contributed by atoms with Crippen molar-refractivity contribution in [3.63, 3.8) is 0 Å². The fourth-order valence-electron chi connectivity index (χ4n) is 2.45. The van der Waals surface area contributed by atoms with Gasteiger partial charge in [0.2, 0.25) is 0 Å². The third-order valence-corrected chi connectivity index (χ3v) is 3.69. The van der Waals surface area contributed by atoms with E-state index in [9.17, 15) is 9.59 Å². The van der Waals surface area contributed by atoms with Crippen LogP contribution in [0.2, 0.25) is 0 Å². The normalized spacial score (nSPS) is 12.3. The van der Waals surface area contributed by atoms with Gasteiger partial charge in [0, 0.05) is 6.54 Å². The van der Waals surface area contributed by atoms with Gasteiger partial charge in [0.1, 0.15) is 18.2 Å². The highest BCUT2D eigenvalue weighted by atomic mass is 16.6. The van der Waals surface area contributed by atoms with Gasteiger partial charge in [-0.3, -0.25) is 14.9 Å². The molecule has 0 saturated heterocycles. The molecular formula is C22H27NO4. The van der Waals surface area contributed by atoms with E-state index < -0.39 is 23.6 Å². The maximum Gasteiger partial charge on any atom is 0.324 e. The second kappa shape index (κ2) is 9.88. The summed E-state index contributed by atoms with van der Waals surface area (Å²) in [7, 11) is 0. The Bertz CT molecular complexity index is 723. The van der Waals surface area contributed by atoms with Crippen molar-refractivity contribution in [2.75, 3.05) is 0 Å². The molecule has 0 heterocycles. The molecule has 27 heavy (non-hydrogen) atoms. The molecule has 0 radical (unpaired) electrons. The number of ether oxygens (including phenoxy) is 2. The van der Waals surface area contributed by atoms with E-state index in [1.807, 2.05) is 60.7 Å². The second-order valence-electron chi connectivity index (χ2n) is 7.30. The number of carbonyl (C=O) groups is 2. The molecule has 144 valence electrons. The van der Waals surface area contributed by atoms with E-state index in [0.29, 0.717) is 6.54 Å². The highest BCUT2D eigenvalue weighted by Crippen LogP contribution is 2.11. The van der Waals surface area contributed by atoms with Gasteiger partial charge in [0.25, 0.3) is 0 Å². The van der Waals surface area contributed by atoms with Crippen molar-refractivity contribution >= 4 is 11.9 Å². The molecule has 2 aromatic rings. The van der Waals surface area contributed by atoms with E-state index in [4.69, 9.17) is 9.47 Å². The van der Waals surface area contributed by atoms with Crippen LogP contribution in [0.3, 0.4) is 0 Å². The summed E-state index contributed by atoms with van der Waals surface area (Å²) in [5.41, 5.74) is 1.31. The molecule has 0 aromatic heterocycles. The molecule has 5 nitrogen and oxygen atoms in total. The summed E-state index contributed by atoms with van der Waals surface area (Å²) in [5, 5.41) is 3.11. The maximum atomic E-state index is 12.5. The molecule has 1 atom stereocenters. The summed E-state index contributed by atoms with van der Waals surface area (Å²) in [6.07, 6.45) is -0.0856. The van der Waals surface area contributed by atoms with Crippen LogP contribution in [-0.4, -0.2) is 23.6 Å². The Hall–Kier alpha value is -2.66. The maximum absolute atomic E-state index is 12.5. The minimum Gasteiger partial charge on any atom is -0.460 e. The minimum atomic E-state index is -0.774. The van der Waals surface area contributed by atoms with Crippen molar-refractivity contribution < 1.29 is 19.1 Å². The lowest BCUT2D eigenvalue weighted by Gasteiger charge is -2.22. The van der Waals surface area contributed by atoms with Crippen LogP contribution in [-0.2, 0) is 32.2 Å². The van der Waals surface area contributed by atoms with Crippen molar-refractivity contribution in [3.8, 4) is 0 Å². The SMILES string of the molecule is CC(C)(C)OC(=O)CC(NCc1ccccc1)C(=O)OCc1ccccc1. The number of rotatable bonds is 8. The first kappa shape index (κ1) is 20.6. The molecule has 0 fully saturated rings. The molecule has 0 spiro atoms. The van der Waals surface area contributed by atoms with Crippen LogP contribution in [0.15, 0.2) is 60.7 Å². The lowest BCUT2D eigenvalue weighted by Crippen LogP contribution is -2.40. The zero-order chi connectivity index (χ0) is 19.7. The predicted molar refractivity (Wildman–Crippen MR) is 104 cm³/mol. The number of esters is 2. The molecule has 0 amide bonds. The summed E-state index contributed by atoms with van der Waals surface area (Å²) in [6.45, 7) is 6.01. The zero-order valence-corrected chi connectivity index (χ0v) is 16.1. The van der Waals surface area contributed by atoms with Crippen LogP contribution in [0.25, 0.3) is 0 Å². The van der Waals surface area contributed by atoms with E-state index in [1.165, 1.54) is 0 Å². The Morgan fingerprint density at radius 1 is 0.926 bits per heavy atom. The third kappa shape index (κ3) is 8.05. The molecular weight excluding hydrogens is 342 g/mol. The summed E-state index contributed by atoms with van der Waals surface area (Å²) < 4.78 is 10.7. The summed E-state index contributed by atoms with van der Waals surface area (Å²) in [5.74, 6) is -0.912. The molecule has 1 N–H and O–H groups in total. The third-order valence-electron chi connectivity index (χ3n) is 3.69. The van der Waals surface area contributed by atoms with Crippen LogP contribution in [0.5, 0.6) is 0 Å². The summed E-state index contributed by atoms with van der Waals surface area (Å²) >= 11 is 0. The van der Waals surface area contributed by atoms with E-state index in [-0.39, 0.29) is 13.0 Å². The van der Waals surface area contributed by atoms with Crippen molar-refractivity contribution in [1.29, 1.82) is 0 Å². The average Bonchev–Trinajstić information content (AvgIpc) is 2.63. The largest absolute Gasteiger partial charge is 0.460 e. The van der Waals surface area contributed by atoms with Gasteiger partial charge in [-0.2, -0.15) is 0 Å². The first-order chi connectivity index (χ1) is 12.8. The van der Waals surface area contributed by atoms with Crippen LogP contribution in [0.1, 0.15) is 38.3 Å². The van der Waals surface area contributed by atoms with E-state index in [1.54, 1.807) is 20.8 Å². The fraction of sp³-hybridized carbons (Fsp3) is 0.364. The Kier molecular flexibility index (Phi) is 7.55. The van der Waals surface area contributed by atoms with Gasteiger partial charge in [-0.05, 0) is 31.9 Å². The molecule has 0 aliphatic carbocycles. The first-order valence-electron chi connectivity index (χ1n) is 9.03. The standard InChI is InChI=1S/C22H27NO4/c1-22(2,3)27-20(24)14-19(23-15-17-10-6-4-7-11-17)21(25)26-16-18-12-8-5-9-13-18/h4-13,19,23H,14-16H2,1-3H3. The highest BCUT2D eigenvalue weighted by molar-refractivity contribution is 5.82. The zero-order valence-electron chi connectivity index (χ0n) is 16.1. The monoisotopic (exact) mass is 369 g/mol. The number of carbonyl (C=O) groups excluding carboxylic acids is 2. The average molecular weight is 369 g/mol. The van der Waals surface area contributed by atoms with Crippen molar-refractivity contribution in [3.05, 3.63) is 71.8 Å². The Morgan fingerprint density at radius 3 is 2.04 bits per heavy atom. The topological polar surface area (TPSA) is 64.6 Å². The number of hydrogen-bond donors (Lipinski definition) is 1. The van der Waals surface area contributed by atoms with Crippen molar-refractivity contribution in [2.45, 2.75) is 52.0 Å². The quantitative estimate of drug-likeness (QED) is 0.720. The first-order valence-corrected chi connectivity index (χ1v) is 9.03. The van der Waals surface area contributed by atoms with Crippen molar-refractivity contribution in [1.82, 2.24) is 5.32 Å². The molecule has 5 heteroatoms. The number of nitrogens with one attached hydrogen (secondary N) is 1. The van der Waals surface area contributed by atoms with Crippen LogP contribution in [0, 0.1) is 0 Å². The van der Waals surface area contributed by atoms with Gasteiger partial charge >= 0.3 is 11.9 Å². The van der Waals surface area contributed by atoms with E-state index in [0.717, 1.165) is 11.1 Å². The molecule has 0 aliphatic heterocycles. The lowest BCUT2D eigenvalue weighted by atomic mass is 10.1. The Morgan fingerprint density at radius 2 is 1.48 bits per heavy atom. The second-order valence-corrected chi connectivity index (χ2v) is 7.30. The Balaban J connectivity index is 1.98. The van der Waals surface area contributed by atoms with Gasteiger partial charge in [-0.25, -0.2) is 0 Å². The van der Waals surface area contributed by atoms with Crippen LogP contribution < -0.4 is 5.32 Å². The molecule has 2 aromatic carbocycles. The number of hydrogen-bond acceptors (Lipinski definition) is 5. The van der Waals surface area contributed by atoms with Gasteiger partial charge in [-0.1, -0.05) is 60.7 Å². The summed E-state index contributed by atoms with van der Waals surface area (Å²) in [6, 6.07) is 18.3. The molecule has 0 saturated carbocycles. The smallest absolute Gasteiger partial charge is 0.324 e. The van der Waals surface area contributed by atoms with Crippen molar-refractivity contribution in [2.24, 2.45) is 0 Å². The molecule has 0 aliphatic rings. The Labute approximate surface area is 160 Å².